The fourth-order valence-corrected chi connectivity index (χ4v) is 1.50. The highest BCUT2D eigenvalue weighted by molar-refractivity contribution is 5.51. The number of anilines is 1. The van der Waals surface area contributed by atoms with Crippen LogP contribution >= 0.6 is 0 Å². The van der Waals surface area contributed by atoms with E-state index in [2.05, 4.69) is 21.4 Å². The van der Waals surface area contributed by atoms with Crippen LogP contribution in [0.5, 0.6) is 0 Å². The van der Waals surface area contributed by atoms with Crippen LogP contribution in [0.1, 0.15) is 16.7 Å². The molecule has 0 aliphatic carbocycles. The maximum atomic E-state index is 8.93. The molecule has 0 aliphatic heterocycles. The van der Waals surface area contributed by atoms with Crippen LogP contribution in [0.25, 0.3) is 0 Å². The summed E-state index contributed by atoms with van der Waals surface area (Å²) in [5.41, 5.74) is 2.82. The lowest BCUT2D eigenvalue weighted by Crippen LogP contribution is -2.04. The van der Waals surface area contributed by atoms with Crippen LogP contribution in [0, 0.1) is 18.3 Å². The molecule has 0 aliphatic rings. The van der Waals surface area contributed by atoms with Crippen molar-refractivity contribution in [2.24, 2.45) is 0 Å². The molecule has 0 aromatic carbocycles. The van der Waals surface area contributed by atoms with Crippen molar-refractivity contribution in [2.75, 3.05) is 5.32 Å². The van der Waals surface area contributed by atoms with Gasteiger partial charge in [0.15, 0.2) is 0 Å². The number of aromatic nitrogens is 2. The average molecular weight is 224 g/mol. The van der Waals surface area contributed by atoms with Gasteiger partial charge < -0.3 is 5.32 Å². The maximum Gasteiger partial charge on any atom is 0.144 e. The molecule has 4 heteroatoms. The summed E-state index contributed by atoms with van der Waals surface area (Å²) in [6.45, 7) is 2.65. The third-order valence-corrected chi connectivity index (χ3v) is 2.52. The third-order valence-electron chi connectivity index (χ3n) is 2.52. The second-order valence-electron chi connectivity index (χ2n) is 3.67. The third kappa shape index (κ3) is 2.58. The van der Waals surface area contributed by atoms with Crippen LogP contribution in [0.4, 0.5) is 5.82 Å². The highest BCUT2D eigenvalue weighted by Crippen LogP contribution is 2.12. The number of rotatable bonds is 3. The standard InChI is InChI=1S/C13H12N4/c1-10-4-6-15-8-12(10)9-17-13-11(7-14)3-2-5-16-13/h2-6,8H,9H2,1H3,(H,16,17). The molecule has 2 heterocycles. The van der Waals surface area contributed by atoms with Crippen molar-refractivity contribution in [2.45, 2.75) is 13.5 Å². The SMILES string of the molecule is Cc1ccncc1CNc1ncccc1C#N. The first-order valence-corrected chi connectivity index (χ1v) is 5.29. The lowest BCUT2D eigenvalue weighted by molar-refractivity contribution is 1.06. The zero-order valence-electron chi connectivity index (χ0n) is 9.51. The van der Waals surface area contributed by atoms with E-state index >= 15 is 0 Å². The van der Waals surface area contributed by atoms with Crippen molar-refractivity contribution in [1.29, 1.82) is 5.26 Å². The summed E-state index contributed by atoms with van der Waals surface area (Å²) in [5, 5.41) is 12.1. The van der Waals surface area contributed by atoms with Gasteiger partial charge >= 0.3 is 0 Å². The van der Waals surface area contributed by atoms with Crippen LogP contribution in [0.3, 0.4) is 0 Å². The largest absolute Gasteiger partial charge is 0.365 e. The summed E-state index contributed by atoms with van der Waals surface area (Å²) in [6, 6.07) is 7.56. The summed E-state index contributed by atoms with van der Waals surface area (Å²) in [6.07, 6.45) is 5.25. The predicted octanol–water partition coefficient (Wildman–Crippen LogP) is 2.27. The predicted molar refractivity (Wildman–Crippen MR) is 65.3 cm³/mol. The minimum absolute atomic E-state index is 0.550. The summed E-state index contributed by atoms with van der Waals surface area (Å²) in [5.74, 6) is 0.609. The van der Waals surface area contributed by atoms with E-state index in [-0.39, 0.29) is 0 Å². The second kappa shape index (κ2) is 5.08. The molecule has 2 rings (SSSR count). The summed E-state index contributed by atoms with van der Waals surface area (Å²) in [4.78, 5) is 8.22. The number of hydrogen-bond acceptors (Lipinski definition) is 4. The average Bonchev–Trinajstić information content (AvgIpc) is 2.38. The highest BCUT2D eigenvalue weighted by atomic mass is 15.0. The van der Waals surface area contributed by atoms with Crippen molar-refractivity contribution >= 4 is 5.82 Å². The molecule has 84 valence electrons. The smallest absolute Gasteiger partial charge is 0.144 e. The molecule has 0 saturated heterocycles. The number of nitrogens with zero attached hydrogens (tertiary/aromatic N) is 3. The molecule has 0 bridgehead atoms. The summed E-state index contributed by atoms with van der Waals surface area (Å²) >= 11 is 0. The van der Waals surface area contributed by atoms with Gasteiger partial charge in [0.25, 0.3) is 0 Å². The van der Waals surface area contributed by atoms with E-state index in [0.29, 0.717) is 17.9 Å². The molecule has 0 unspecified atom stereocenters. The van der Waals surface area contributed by atoms with Gasteiger partial charge in [-0.1, -0.05) is 0 Å². The van der Waals surface area contributed by atoms with Crippen LogP contribution in [0.15, 0.2) is 36.8 Å². The van der Waals surface area contributed by atoms with E-state index in [1.54, 1.807) is 24.5 Å². The Morgan fingerprint density at radius 1 is 1.35 bits per heavy atom. The number of nitrogens with one attached hydrogen (secondary N) is 1. The molecule has 0 saturated carbocycles. The molecule has 0 amide bonds. The number of aryl methyl sites for hydroxylation is 1. The first-order chi connectivity index (χ1) is 8.31. The molecule has 2 aromatic heterocycles. The van der Waals surface area contributed by atoms with Crippen molar-refractivity contribution in [3.8, 4) is 6.07 Å². The molecule has 17 heavy (non-hydrogen) atoms. The molecule has 1 N–H and O–H groups in total. The minimum Gasteiger partial charge on any atom is -0.365 e. The molecule has 4 nitrogen and oxygen atoms in total. The van der Waals surface area contributed by atoms with Crippen LogP contribution < -0.4 is 5.32 Å². The molecular weight excluding hydrogens is 212 g/mol. The Bertz CT molecular complexity index is 557. The molecule has 0 spiro atoms. The fourth-order valence-electron chi connectivity index (χ4n) is 1.50. The van der Waals surface area contributed by atoms with Gasteiger partial charge in [0.05, 0.1) is 5.56 Å². The van der Waals surface area contributed by atoms with E-state index in [0.717, 1.165) is 5.56 Å². The van der Waals surface area contributed by atoms with Crippen molar-refractivity contribution in [3.05, 3.63) is 53.5 Å². The van der Waals surface area contributed by atoms with E-state index < -0.39 is 0 Å². The molecule has 0 atom stereocenters. The van der Waals surface area contributed by atoms with Gasteiger partial charge in [0, 0.05) is 25.1 Å². The quantitative estimate of drug-likeness (QED) is 0.868. The normalized spacial score (nSPS) is 9.65. The lowest BCUT2D eigenvalue weighted by atomic mass is 10.1. The number of nitriles is 1. The van der Waals surface area contributed by atoms with Gasteiger partial charge in [-0.25, -0.2) is 4.98 Å². The zero-order chi connectivity index (χ0) is 12.1. The molecule has 0 fully saturated rings. The maximum absolute atomic E-state index is 8.93. The van der Waals surface area contributed by atoms with Crippen LogP contribution in [0.2, 0.25) is 0 Å². The number of pyridine rings is 2. The van der Waals surface area contributed by atoms with E-state index in [1.165, 1.54) is 5.56 Å². The van der Waals surface area contributed by atoms with Gasteiger partial charge in [-0.15, -0.1) is 0 Å². The molecule has 2 aromatic rings. The Kier molecular flexibility index (Phi) is 3.31. The van der Waals surface area contributed by atoms with Gasteiger partial charge in [-0.2, -0.15) is 5.26 Å². The Hall–Kier alpha value is -2.41. The van der Waals surface area contributed by atoms with Gasteiger partial charge in [0.1, 0.15) is 11.9 Å². The second-order valence-corrected chi connectivity index (χ2v) is 3.67. The van der Waals surface area contributed by atoms with Gasteiger partial charge in [-0.05, 0) is 36.2 Å². The summed E-state index contributed by atoms with van der Waals surface area (Å²) < 4.78 is 0. The Balaban J connectivity index is 2.13. The Morgan fingerprint density at radius 3 is 3.00 bits per heavy atom. The van der Waals surface area contributed by atoms with E-state index in [4.69, 9.17) is 5.26 Å². The zero-order valence-corrected chi connectivity index (χ0v) is 9.51. The van der Waals surface area contributed by atoms with Gasteiger partial charge in [0.2, 0.25) is 0 Å². The lowest BCUT2D eigenvalue weighted by Gasteiger charge is -2.08. The number of hydrogen-bond donors (Lipinski definition) is 1. The fraction of sp³-hybridized carbons (Fsp3) is 0.154. The molecule has 0 radical (unpaired) electrons. The molecular formula is C13H12N4. The minimum atomic E-state index is 0.550. The van der Waals surface area contributed by atoms with Crippen molar-refractivity contribution in [1.82, 2.24) is 9.97 Å². The monoisotopic (exact) mass is 224 g/mol. The Labute approximate surface area is 100.0 Å². The first kappa shape index (κ1) is 11.1. The van der Waals surface area contributed by atoms with Gasteiger partial charge in [-0.3, -0.25) is 4.98 Å². The van der Waals surface area contributed by atoms with Crippen molar-refractivity contribution in [3.63, 3.8) is 0 Å². The van der Waals surface area contributed by atoms with Crippen LogP contribution in [-0.2, 0) is 6.54 Å². The first-order valence-electron chi connectivity index (χ1n) is 5.29. The Morgan fingerprint density at radius 2 is 2.24 bits per heavy atom. The van der Waals surface area contributed by atoms with Crippen LogP contribution in [-0.4, -0.2) is 9.97 Å². The topological polar surface area (TPSA) is 61.6 Å². The summed E-state index contributed by atoms with van der Waals surface area (Å²) in [7, 11) is 0. The van der Waals surface area contributed by atoms with E-state index in [1.807, 2.05) is 19.2 Å². The van der Waals surface area contributed by atoms with E-state index in [9.17, 15) is 0 Å². The highest BCUT2D eigenvalue weighted by Gasteiger charge is 2.03. The van der Waals surface area contributed by atoms with Crippen molar-refractivity contribution < 1.29 is 0 Å².